The highest BCUT2D eigenvalue weighted by atomic mass is 16.5. The molecule has 0 spiro atoms. The highest BCUT2D eigenvalue weighted by Gasteiger charge is 2.04. The highest BCUT2D eigenvalue weighted by molar-refractivity contribution is 5.69. The minimum atomic E-state index is 0.645. The maximum absolute atomic E-state index is 5.74. The molecule has 0 aliphatic carbocycles. The van der Waals surface area contributed by atoms with Gasteiger partial charge in [-0.25, -0.2) is 0 Å². The van der Waals surface area contributed by atoms with Gasteiger partial charge in [-0.2, -0.15) is 0 Å². The van der Waals surface area contributed by atoms with Crippen LogP contribution in [0.15, 0.2) is 36.7 Å². The largest absolute Gasteiger partial charge is 0.492 e. The number of nitrogens with two attached hydrogens (primary N) is 1. The van der Waals surface area contributed by atoms with E-state index < -0.39 is 0 Å². The first-order chi connectivity index (χ1) is 8.20. The van der Waals surface area contributed by atoms with Crippen LogP contribution in [0.1, 0.15) is 12.5 Å². The lowest BCUT2D eigenvalue weighted by atomic mass is 10.0. The molecule has 3 heteroatoms. The van der Waals surface area contributed by atoms with Crippen LogP contribution in [-0.4, -0.2) is 11.6 Å². The first kappa shape index (κ1) is 11.5. The van der Waals surface area contributed by atoms with Gasteiger partial charge in [-0.05, 0) is 43.2 Å². The molecule has 1 heterocycles. The fourth-order valence-electron chi connectivity index (χ4n) is 1.82. The van der Waals surface area contributed by atoms with Crippen molar-refractivity contribution < 1.29 is 4.74 Å². The quantitative estimate of drug-likeness (QED) is 0.821. The molecule has 0 unspecified atom stereocenters. The van der Waals surface area contributed by atoms with Crippen molar-refractivity contribution in [3.05, 3.63) is 42.2 Å². The number of ether oxygens (including phenoxy) is 1. The van der Waals surface area contributed by atoms with Gasteiger partial charge in [0.25, 0.3) is 0 Å². The van der Waals surface area contributed by atoms with E-state index in [2.05, 4.69) is 4.98 Å². The molecule has 3 nitrogen and oxygen atoms in total. The van der Waals surface area contributed by atoms with Gasteiger partial charge < -0.3 is 10.5 Å². The van der Waals surface area contributed by atoms with E-state index in [0.29, 0.717) is 6.61 Å². The molecule has 0 aliphatic rings. The van der Waals surface area contributed by atoms with Crippen molar-refractivity contribution in [3.8, 4) is 16.9 Å². The topological polar surface area (TPSA) is 48.1 Å². The van der Waals surface area contributed by atoms with Crippen molar-refractivity contribution in [2.24, 2.45) is 0 Å². The molecule has 0 radical (unpaired) electrons. The lowest BCUT2D eigenvalue weighted by molar-refractivity contribution is 0.339. The third kappa shape index (κ3) is 2.56. The van der Waals surface area contributed by atoms with E-state index in [0.717, 1.165) is 28.1 Å². The van der Waals surface area contributed by atoms with Crippen LogP contribution in [-0.2, 0) is 0 Å². The van der Waals surface area contributed by atoms with Crippen molar-refractivity contribution in [3.63, 3.8) is 0 Å². The van der Waals surface area contributed by atoms with Gasteiger partial charge in [-0.15, -0.1) is 0 Å². The zero-order valence-electron chi connectivity index (χ0n) is 10.1. The Balaban J connectivity index is 2.42. The molecule has 1 aromatic heterocycles. The third-order valence-electron chi connectivity index (χ3n) is 2.59. The molecule has 1 aromatic carbocycles. The molecule has 17 heavy (non-hydrogen) atoms. The van der Waals surface area contributed by atoms with Crippen molar-refractivity contribution in [1.82, 2.24) is 4.98 Å². The third-order valence-corrected chi connectivity index (χ3v) is 2.59. The molecule has 88 valence electrons. The van der Waals surface area contributed by atoms with E-state index >= 15 is 0 Å². The fraction of sp³-hybridized carbons (Fsp3) is 0.214. The predicted molar refractivity (Wildman–Crippen MR) is 70.0 cm³/mol. The van der Waals surface area contributed by atoms with Gasteiger partial charge in [0, 0.05) is 17.4 Å². The monoisotopic (exact) mass is 228 g/mol. The van der Waals surface area contributed by atoms with Crippen LogP contribution in [0.25, 0.3) is 11.1 Å². The number of hydrogen-bond acceptors (Lipinski definition) is 3. The molecule has 2 aromatic rings. The average molecular weight is 228 g/mol. The summed E-state index contributed by atoms with van der Waals surface area (Å²) < 4.78 is 5.44. The summed E-state index contributed by atoms with van der Waals surface area (Å²) in [6.45, 7) is 4.64. The summed E-state index contributed by atoms with van der Waals surface area (Å²) >= 11 is 0. The number of aromatic nitrogens is 1. The summed E-state index contributed by atoms with van der Waals surface area (Å²) in [5.74, 6) is 0.793. The van der Waals surface area contributed by atoms with Crippen LogP contribution in [0, 0.1) is 6.92 Å². The molecule has 0 atom stereocenters. The molecule has 0 fully saturated rings. The number of hydrogen-bond donors (Lipinski definition) is 1. The second kappa shape index (κ2) is 4.87. The number of pyridine rings is 1. The lowest BCUT2D eigenvalue weighted by Crippen LogP contribution is -1.93. The van der Waals surface area contributed by atoms with E-state index in [1.807, 2.05) is 44.3 Å². The second-order valence-electron chi connectivity index (χ2n) is 3.92. The molecule has 2 rings (SSSR count). The SMILES string of the molecule is CCOc1cncc(-c2ccc(N)cc2C)c1. The van der Waals surface area contributed by atoms with Gasteiger partial charge in [0.1, 0.15) is 5.75 Å². The standard InChI is InChI=1S/C14H16N2O/c1-3-17-13-7-11(8-16-9-13)14-5-4-12(15)6-10(14)2/h4-9H,3,15H2,1-2H3. The zero-order valence-corrected chi connectivity index (χ0v) is 10.1. The Bertz CT molecular complexity index is 523. The van der Waals surface area contributed by atoms with Gasteiger partial charge >= 0.3 is 0 Å². The Labute approximate surface area is 101 Å². The minimum Gasteiger partial charge on any atom is -0.492 e. The molecule has 0 bridgehead atoms. The number of benzene rings is 1. The summed E-state index contributed by atoms with van der Waals surface area (Å²) in [6, 6.07) is 7.87. The number of anilines is 1. The van der Waals surface area contributed by atoms with Crippen molar-refractivity contribution in [2.75, 3.05) is 12.3 Å². The Hall–Kier alpha value is -2.03. The molecular weight excluding hydrogens is 212 g/mol. The van der Waals surface area contributed by atoms with Gasteiger partial charge in [0.2, 0.25) is 0 Å². The molecule has 0 saturated heterocycles. The Morgan fingerprint density at radius 3 is 2.76 bits per heavy atom. The molecule has 0 aliphatic heterocycles. The van der Waals surface area contributed by atoms with Crippen molar-refractivity contribution >= 4 is 5.69 Å². The summed E-state index contributed by atoms with van der Waals surface area (Å²) in [7, 11) is 0. The first-order valence-corrected chi connectivity index (χ1v) is 5.65. The van der Waals surface area contributed by atoms with E-state index in [9.17, 15) is 0 Å². The van der Waals surface area contributed by atoms with Crippen LogP contribution in [0.3, 0.4) is 0 Å². The maximum Gasteiger partial charge on any atom is 0.138 e. The Morgan fingerprint density at radius 2 is 2.06 bits per heavy atom. The summed E-state index contributed by atoms with van der Waals surface area (Å²) in [6.07, 6.45) is 3.56. The maximum atomic E-state index is 5.74. The van der Waals surface area contributed by atoms with Crippen LogP contribution in [0.4, 0.5) is 5.69 Å². The fourth-order valence-corrected chi connectivity index (χ4v) is 1.82. The lowest BCUT2D eigenvalue weighted by Gasteiger charge is -2.08. The van der Waals surface area contributed by atoms with E-state index in [1.54, 1.807) is 6.20 Å². The number of nitrogen functional groups attached to an aromatic ring is 1. The van der Waals surface area contributed by atoms with Crippen LogP contribution in [0.5, 0.6) is 5.75 Å². The molecule has 0 saturated carbocycles. The van der Waals surface area contributed by atoms with Crippen molar-refractivity contribution in [1.29, 1.82) is 0 Å². The Kier molecular flexibility index (Phi) is 3.28. The number of rotatable bonds is 3. The van der Waals surface area contributed by atoms with Crippen molar-refractivity contribution in [2.45, 2.75) is 13.8 Å². The number of nitrogens with zero attached hydrogens (tertiary/aromatic N) is 1. The Morgan fingerprint density at radius 1 is 1.24 bits per heavy atom. The van der Waals surface area contributed by atoms with Gasteiger partial charge in [0.05, 0.1) is 12.8 Å². The molecule has 2 N–H and O–H groups in total. The zero-order chi connectivity index (χ0) is 12.3. The highest BCUT2D eigenvalue weighted by Crippen LogP contribution is 2.26. The summed E-state index contributed by atoms with van der Waals surface area (Å²) in [5, 5.41) is 0. The summed E-state index contributed by atoms with van der Waals surface area (Å²) in [4.78, 5) is 4.19. The summed E-state index contributed by atoms with van der Waals surface area (Å²) in [5.41, 5.74) is 9.84. The van der Waals surface area contributed by atoms with Gasteiger partial charge in [-0.3, -0.25) is 4.98 Å². The van der Waals surface area contributed by atoms with Gasteiger partial charge in [0.15, 0.2) is 0 Å². The smallest absolute Gasteiger partial charge is 0.138 e. The minimum absolute atomic E-state index is 0.645. The number of aryl methyl sites for hydroxylation is 1. The van der Waals surface area contributed by atoms with E-state index in [1.165, 1.54) is 0 Å². The predicted octanol–water partition coefficient (Wildman–Crippen LogP) is 3.04. The van der Waals surface area contributed by atoms with Crippen LogP contribution >= 0.6 is 0 Å². The van der Waals surface area contributed by atoms with Crippen LogP contribution in [0.2, 0.25) is 0 Å². The molecule has 0 amide bonds. The van der Waals surface area contributed by atoms with Crippen LogP contribution < -0.4 is 10.5 Å². The molecular formula is C14H16N2O. The van der Waals surface area contributed by atoms with E-state index in [4.69, 9.17) is 10.5 Å². The average Bonchev–Trinajstić information content (AvgIpc) is 2.29. The van der Waals surface area contributed by atoms with Gasteiger partial charge in [-0.1, -0.05) is 6.07 Å². The second-order valence-corrected chi connectivity index (χ2v) is 3.92. The first-order valence-electron chi connectivity index (χ1n) is 5.65. The van der Waals surface area contributed by atoms with E-state index in [-0.39, 0.29) is 0 Å². The normalized spacial score (nSPS) is 10.2.